The largest absolute Gasteiger partial charge is 0.385 e. The van der Waals surface area contributed by atoms with Crippen molar-refractivity contribution >= 4 is 23.2 Å². The molecule has 96 valence electrons. The molecule has 0 aliphatic carbocycles. The third-order valence-electron chi connectivity index (χ3n) is 2.67. The van der Waals surface area contributed by atoms with Gasteiger partial charge in [0.25, 0.3) is 0 Å². The summed E-state index contributed by atoms with van der Waals surface area (Å²) >= 11 is 11.9. The molecule has 0 spiro atoms. The Bertz CT molecular complexity index is 344. The summed E-state index contributed by atoms with van der Waals surface area (Å²) in [6, 6.07) is 6.03. The van der Waals surface area contributed by atoms with Gasteiger partial charge in [0, 0.05) is 19.8 Å². The number of halogens is 2. The Morgan fingerprint density at radius 3 is 2.65 bits per heavy atom. The maximum absolute atomic E-state index is 5.98. The van der Waals surface area contributed by atoms with Crippen LogP contribution < -0.4 is 5.32 Å². The number of unbranched alkanes of at least 4 members (excludes halogenated alkanes) is 1. The maximum atomic E-state index is 5.98. The van der Waals surface area contributed by atoms with Gasteiger partial charge >= 0.3 is 0 Å². The SMILES string of the molecule is COCCCCNC(C)c1ccc(Cl)c(Cl)c1. The number of hydrogen-bond acceptors (Lipinski definition) is 2. The molecule has 1 aromatic carbocycles. The Morgan fingerprint density at radius 1 is 1.24 bits per heavy atom. The van der Waals surface area contributed by atoms with E-state index in [9.17, 15) is 0 Å². The number of methoxy groups -OCH3 is 1. The van der Waals surface area contributed by atoms with Gasteiger partial charge in [-0.05, 0) is 44.0 Å². The van der Waals surface area contributed by atoms with E-state index in [-0.39, 0.29) is 6.04 Å². The summed E-state index contributed by atoms with van der Waals surface area (Å²) in [5.74, 6) is 0. The summed E-state index contributed by atoms with van der Waals surface area (Å²) in [6.45, 7) is 3.92. The van der Waals surface area contributed by atoms with Crippen molar-refractivity contribution in [3.05, 3.63) is 33.8 Å². The quantitative estimate of drug-likeness (QED) is 0.758. The molecule has 0 aromatic heterocycles. The Hall–Kier alpha value is -0.280. The van der Waals surface area contributed by atoms with Gasteiger partial charge in [-0.1, -0.05) is 29.3 Å². The first-order chi connectivity index (χ1) is 8.15. The number of hydrogen-bond donors (Lipinski definition) is 1. The molecule has 0 aliphatic heterocycles. The number of nitrogens with one attached hydrogen (secondary N) is 1. The minimum atomic E-state index is 0.285. The zero-order valence-corrected chi connectivity index (χ0v) is 11.8. The van der Waals surface area contributed by atoms with E-state index in [1.807, 2.05) is 18.2 Å². The Kier molecular flexibility index (Phi) is 6.90. The maximum Gasteiger partial charge on any atom is 0.0595 e. The molecule has 1 atom stereocenters. The van der Waals surface area contributed by atoms with Crippen LogP contribution in [0.1, 0.15) is 31.4 Å². The lowest BCUT2D eigenvalue weighted by Gasteiger charge is -2.14. The fraction of sp³-hybridized carbons (Fsp3) is 0.538. The highest BCUT2D eigenvalue weighted by Gasteiger charge is 2.06. The van der Waals surface area contributed by atoms with Crippen LogP contribution in [0.15, 0.2) is 18.2 Å². The average molecular weight is 276 g/mol. The van der Waals surface area contributed by atoms with Crippen LogP contribution in [0.4, 0.5) is 0 Å². The second-order valence-corrected chi connectivity index (χ2v) is 4.86. The average Bonchev–Trinajstić information content (AvgIpc) is 2.32. The van der Waals surface area contributed by atoms with E-state index in [0.717, 1.165) is 31.6 Å². The highest BCUT2D eigenvalue weighted by atomic mass is 35.5. The molecule has 1 rings (SSSR count). The van der Waals surface area contributed by atoms with E-state index in [4.69, 9.17) is 27.9 Å². The van der Waals surface area contributed by atoms with Gasteiger partial charge in [0.1, 0.15) is 0 Å². The molecule has 0 saturated heterocycles. The molecule has 1 aromatic rings. The van der Waals surface area contributed by atoms with Gasteiger partial charge in [-0.25, -0.2) is 0 Å². The van der Waals surface area contributed by atoms with E-state index in [2.05, 4.69) is 12.2 Å². The Labute approximate surface area is 113 Å². The first-order valence-corrected chi connectivity index (χ1v) is 6.58. The highest BCUT2D eigenvalue weighted by Crippen LogP contribution is 2.25. The third-order valence-corrected chi connectivity index (χ3v) is 3.41. The summed E-state index contributed by atoms with van der Waals surface area (Å²) in [5.41, 5.74) is 1.16. The molecule has 0 bridgehead atoms. The van der Waals surface area contributed by atoms with Crippen LogP contribution >= 0.6 is 23.2 Å². The molecule has 0 radical (unpaired) electrons. The van der Waals surface area contributed by atoms with Crippen molar-refractivity contribution < 1.29 is 4.74 Å². The van der Waals surface area contributed by atoms with Gasteiger partial charge in [-0.3, -0.25) is 0 Å². The van der Waals surface area contributed by atoms with Crippen LogP contribution in [-0.4, -0.2) is 20.3 Å². The van der Waals surface area contributed by atoms with Crippen molar-refractivity contribution in [2.75, 3.05) is 20.3 Å². The van der Waals surface area contributed by atoms with E-state index < -0.39 is 0 Å². The van der Waals surface area contributed by atoms with Gasteiger partial charge in [-0.15, -0.1) is 0 Å². The summed E-state index contributed by atoms with van der Waals surface area (Å²) in [4.78, 5) is 0. The van der Waals surface area contributed by atoms with Gasteiger partial charge in [-0.2, -0.15) is 0 Å². The number of ether oxygens (including phenoxy) is 1. The van der Waals surface area contributed by atoms with Crippen LogP contribution in [0.25, 0.3) is 0 Å². The fourth-order valence-corrected chi connectivity index (χ4v) is 1.90. The first kappa shape index (κ1) is 14.8. The molecular formula is C13H19Cl2NO. The van der Waals surface area contributed by atoms with Gasteiger partial charge < -0.3 is 10.1 Å². The summed E-state index contributed by atoms with van der Waals surface area (Å²) < 4.78 is 5.00. The minimum absolute atomic E-state index is 0.285. The van der Waals surface area contributed by atoms with Crippen LogP contribution in [-0.2, 0) is 4.74 Å². The molecule has 0 heterocycles. The second-order valence-electron chi connectivity index (χ2n) is 4.05. The Balaban J connectivity index is 2.36. The van der Waals surface area contributed by atoms with Crippen molar-refractivity contribution in [2.24, 2.45) is 0 Å². The van der Waals surface area contributed by atoms with Crippen molar-refractivity contribution in [3.8, 4) is 0 Å². The predicted octanol–water partition coefficient (Wildman–Crippen LogP) is 4.07. The standard InChI is InChI=1S/C13H19Cl2NO/c1-10(16-7-3-4-8-17-2)11-5-6-12(14)13(15)9-11/h5-6,9-10,16H,3-4,7-8H2,1-2H3. The van der Waals surface area contributed by atoms with Crippen molar-refractivity contribution in [1.82, 2.24) is 5.32 Å². The zero-order chi connectivity index (χ0) is 12.7. The molecule has 17 heavy (non-hydrogen) atoms. The van der Waals surface area contributed by atoms with E-state index in [1.54, 1.807) is 7.11 Å². The van der Waals surface area contributed by atoms with Crippen LogP contribution in [0.2, 0.25) is 10.0 Å². The smallest absolute Gasteiger partial charge is 0.0595 e. The molecule has 0 saturated carbocycles. The summed E-state index contributed by atoms with van der Waals surface area (Å²) in [5, 5.41) is 4.66. The van der Waals surface area contributed by atoms with E-state index in [1.165, 1.54) is 0 Å². The highest BCUT2D eigenvalue weighted by molar-refractivity contribution is 6.42. The lowest BCUT2D eigenvalue weighted by atomic mass is 10.1. The lowest BCUT2D eigenvalue weighted by Crippen LogP contribution is -2.20. The van der Waals surface area contributed by atoms with Gasteiger partial charge in [0.2, 0.25) is 0 Å². The molecule has 1 N–H and O–H groups in total. The molecule has 2 nitrogen and oxygen atoms in total. The summed E-state index contributed by atoms with van der Waals surface area (Å²) in [7, 11) is 1.73. The van der Waals surface area contributed by atoms with Crippen molar-refractivity contribution in [2.45, 2.75) is 25.8 Å². The molecule has 0 amide bonds. The van der Waals surface area contributed by atoms with Crippen molar-refractivity contribution in [1.29, 1.82) is 0 Å². The molecular weight excluding hydrogens is 257 g/mol. The monoisotopic (exact) mass is 275 g/mol. The topological polar surface area (TPSA) is 21.3 Å². The molecule has 0 aliphatic rings. The summed E-state index contributed by atoms with van der Waals surface area (Å²) in [6.07, 6.45) is 2.19. The first-order valence-electron chi connectivity index (χ1n) is 5.82. The second kappa shape index (κ2) is 7.93. The van der Waals surface area contributed by atoms with E-state index in [0.29, 0.717) is 10.0 Å². The molecule has 4 heteroatoms. The third kappa shape index (κ3) is 5.26. The predicted molar refractivity (Wildman–Crippen MR) is 74.0 cm³/mol. The van der Waals surface area contributed by atoms with Crippen LogP contribution in [0, 0.1) is 0 Å². The number of benzene rings is 1. The fourth-order valence-electron chi connectivity index (χ4n) is 1.59. The van der Waals surface area contributed by atoms with Crippen LogP contribution in [0.5, 0.6) is 0 Å². The van der Waals surface area contributed by atoms with Gasteiger partial charge in [0.05, 0.1) is 10.0 Å². The normalized spacial score (nSPS) is 12.7. The Morgan fingerprint density at radius 2 is 2.00 bits per heavy atom. The zero-order valence-electron chi connectivity index (χ0n) is 10.3. The van der Waals surface area contributed by atoms with Crippen molar-refractivity contribution in [3.63, 3.8) is 0 Å². The van der Waals surface area contributed by atoms with E-state index >= 15 is 0 Å². The molecule has 0 fully saturated rings. The molecule has 1 unspecified atom stereocenters. The minimum Gasteiger partial charge on any atom is -0.385 e. The number of rotatable bonds is 7. The van der Waals surface area contributed by atoms with Crippen LogP contribution in [0.3, 0.4) is 0 Å². The van der Waals surface area contributed by atoms with Gasteiger partial charge in [0.15, 0.2) is 0 Å². The lowest BCUT2D eigenvalue weighted by molar-refractivity contribution is 0.192.